The van der Waals surface area contributed by atoms with E-state index in [9.17, 15) is 14.7 Å². The number of amides is 1. The number of nitrogens with zero attached hydrogens (tertiary/aromatic N) is 3. The number of aliphatic imine (C=N–C) groups is 1. The number of ether oxygens (including phenoxy) is 6. The molecule has 4 heterocycles. The Morgan fingerprint density at radius 1 is 1.05 bits per heavy atom. The Kier molecular flexibility index (Phi) is 12.9. The quantitative estimate of drug-likeness (QED) is 0.290. The summed E-state index contributed by atoms with van der Waals surface area (Å²) in [4.78, 5) is 36.1. The number of aliphatic hydroxyl groups is 1. The van der Waals surface area contributed by atoms with Crippen LogP contribution in [0.15, 0.2) is 59.1 Å². The smallest absolute Gasteiger partial charge is 0.410 e. The Bertz CT molecular complexity index is 1880. The minimum absolute atomic E-state index is 0.124. The van der Waals surface area contributed by atoms with E-state index in [-0.39, 0.29) is 30.6 Å². The van der Waals surface area contributed by atoms with Crippen LogP contribution in [0.4, 0.5) is 4.79 Å². The van der Waals surface area contributed by atoms with Crippen molar-refractivity contribution in [3.8, 4) is 5.75 Å². The topological polar surface area (TPSA) is 129 Å². The molecule has 2 bridgehead atoms. The van der Waals surface area contributed by atoms with Gasteiger partial charge in [0, 0.05) is 35.7 Å². The fraction of sp³-hybridized carbons (Fsp3) is 0.622. The highest BCUT2D eigenvalue weighted by Gasteiger charge is 2.59. The van der Waals surface area contributed by atoms with Crippen LogP contribution in [0.1, 0.15) is 73.8 Å². The molecule has 312 valence electrons. The molecule has 1 N–H and O–H groups in total. The van der Waals surface area contributed by atoms with E-state index in [1.807, 2.05) is 83.1 Å². The molecule has 2 saturated heterocycles. The number of carbonyl (C=O) groups is 2. The molecular weight excluding hydrogens is 727 g/mol. The number of methoxy groups -OCH3 is 1. The van der Waals surface area contributed by atoms with Gasteiger partial charge in [-0.15, -0.1) is 0 Å². The van der Waals surface area contributed by atoms with Crippen LogP contribution in [0.25, 0.3) is 16.8 Å². The van der Waals surface area contributed by atoms with Gasteiger partial charge in [-0.2, -0.15) is 0 Å². The van der Waals surface area contributed by atoms with Gasteiger partial charge in [0.15, 0.2) is 11.9 Å². The highest BCUT2D eigenvalue weighted by Crippen LogP contribution is 2.43. The van der Waals surface area contributed by atoms with Crippen molar-refractivity contribution in [2.24, 2.45) is 22.7 Å². The van der Waals surface area contributed by atoms with Crippen LogP contribution in [0, 0.1) is 17.8 Å². The molecule has 12 atom stereocenters. The van der Waals surface area contributed by atoms with Gasteiger partial charge in [0.05, 0.1) is 44.1 Å². The van der Waals surface area contributed by atoms with Crippen molar-refractivity contribution < 1.29 is 43.1 Å². The zero-order valence-electron chi connectivity index (χ0n) is 35.6. The van der Waals surface area contributed by atoms with Gasteiger partial charge in [-0.1, -0.05) is 57.2 Å². The summed E-state index contributed by atoms with van der Waals surface area (Å²) in [6, 6.07) is 11.7. The summed E-state index contributed by atoms with van der Waals surface area (Å²) in [7, 11) is 5.56. The minimum Gasteiger partial charge on any atom is -0.497 e. The summed E-state index contributed by atoms with van der Waals surface area (Å²) in [5.41, 5.74) is 0.242. The summed E-state index contributed by atoms with van der Waals surface area (Å²) < 4.78 is 37.9. The van der Waals surface area contributed by atoms with Crippen LogP contribution in [0.2, 0.25) is 0 Å². The summed E-state index contributed by atoms with van der Waals surface area (Å²) >= 11 is 0. The van der Waals surface area contributed by atoms with Crippen molar-refractivity contribution in [1.29, 1.82) is 0 Å². The molecule has 2 aromatic carbocycles. The molecule has 0 aromatic heterocycles. The third-order valence-electron chi connectivity index (χ3n) is 12.7. The lowest BCUT2D eigenvalue weighted by Crippen LogP contribution is -2.59. The molecular formula is C45H63N3O9. The fourth-order valence-electron chi connectivity index (χ4n) is 9.66. The van der Waals surface area contributed by atoms with Gasteiger partial charge < -0.3 is 38.4 Å². The van der Waals surface area contributed by atoms with E-state index in [1.54, 1.807) is 25.9 Å². The van der Waals surface area contributed by atoms with Crippen LogP contribution in [-0.2, 0) is 28.5 Å². The molecule has 1 amide bonds. The number of hydrogen-bond acceptors (Lipinski definition) is 11. The Labute approximate surface area is 338 Å². The van der Waals surface area contributed by atoms with E-state index < -0.39 is 59.8 Å². The SMILES string of the molecule is COc1ccc2cc(/C=C/CO[C@@]3(C)C[C@@H](C)C4=NCCN5C(=O)O[C@](C)([C@@H](C)OC(=O)/C(C)=C\[C@H](C)[C@H]3O[C@H]3O[C@@H](C)C[C@@H](N(C)C)C3O)[C@H]5[C@H]4C)ccc2c1. The molecule has 0 aliphatic carbocycles. The first-order valence-corrected chi connectivity index (χ1v) is 20.4. The molecule has 6 rings (SSSR count). The van der Waals surface area contributed by atoms with E-state index in [4.69, 9.17) is 33.4 Å². The number of cyclic esters (lactones) is 1. The standard InChI is InChI=1S/C45H63N3O9/c1-26-21-27(2)41(50)55-31(6)45(8)39-30(5)37(46-18-19-48(39)43(51)57-45)28(3)25-44(7,40(26)56-42-38(49)36(47(9)10)22-29(4)54-42)53-20-12-13-32-14-15-34-24-35(52-11)17-16-33(34)23-32/h12-17,21,23-24,26,28-31,36,38-40,42,49H,18-20,22,25H2,1-11H3/b13-12+,27-21-/t26-,28+,29-,30-,31+,36+,38?,39+,40+,42+,44-,45+/m0/s1. The molecule has 4 aliphatic rings. The number of carbonyl (C=O) groups excluding carboxylic acids is 2. The Hall–Kier alpha value is -3.81. The number of hydrogen-bond donors (Lipinski definition) is 1. The van der Waals surface area contributed by atoms with Crippen molar-refractivity contribution >= 4 is 34.6 Å². The summed E-state index contributed by atoms with van der Waals surface area (Å²) in [6.45, 7) is 16.7. The molecule has 2 aromatic rings. The largest absolute Gasteiger partial charge is 0.497 e. The van der Waals surface area contributed by atoms with Gasteiger partial charge >= 0.3 is 12.1 Å². The average molecular weight is 790 g/mol. The molecule has 57 heavy (non-hydrogen) atoms. The van der Waals surface area contributed by atoms with Crippen LogP contribution in [0.3, 0.4) is 0 Å². The van der Waals surface area contributed by atoms with E-state index in [0.29, 0.717) is 31.5 Å². The van der Waals surface area contributed by atoms with Crippen LogP contribution in [0.5, 0.6) is 5.75 Å². The highest BCUT2D eigenvalue weighted by atomic mass is 16.7. The van der Waals surface area contributed by atoms with Gasteiger partial charge in [-0.3, -0.25) is 9.89 Å². The van der Waals surface area contributed by atoms with Gasteiger partial charge in [-0.25, -0.2) is 9.59 Å². The third kappa shape index (κ3) is 8.81. The first-order chi connectivity index (χ1) is 26.9. The summed E-state index contributed by atoms with van der Waals surface area (Å²) in [5.74, 6) is -0.457. The monoisotopic (exact) mass is 789 g/mol. The maximum atomic E-state index is 13.8. The number of likely N-dealkylation sites (N-methyl/N-ethyl adjacent to an activating group) is 1. The molecule has 4 aliphatic heterocycles. The summed E-state index contributed by atoms with van der Waals surface area (Å²) in [5, 5.41) is 13.9. The van der Waals surface area contributed by atoms with Crippen LogP contribution in [-0.4, -0.2) is 128 Å². The van der Waals surface area contributed by atoms with Gasteiger partial charge in [0.25, 0.3) is 0 Å². The van der Waals surface area contributed by atoms with E-state index >= 15 is 0 Å². The lowest BCUT2D eigenvalue weighted by Gasteiger charge is -2.47. The van der Waals surface area contributed by atoms with Gasteiger partial charge in [-0.05, 0) is 102 Å². The van der Waals surface area contributed by atoms with Crippen molar-refractivity contribution in [2.45, 2.75) is 122 Å². The lowest BCUT2D eigenvalue weighted by atomic mass is 9.74. The first kappa shape index (κ1) is 42.8. The Morgan fingerprint density at radius 2 is 1.77 bits per heavy atom. The number of esters is 1. The van der Waals surface area contributed by atoms with Gasteiger partial charge in [0.2, 0.25) is 0 Å². The minimum atomic E-state index is -1.10. The van der Waals surface area contributed by atoms with Crippen LogP contribution < -0.4 is 4.74 Å². The third-order valence-corrected chi connectivity index (χ3v) is 12.7. The molecule has 2 fully saturated rings. The first-order valence-electron chi connectivity index (χ1n) is 20.4. The Balaban J connectivity index is 1.39. The maximum Gasteiger partial charge on any atom is 0.410 e. The summed E-state index contributed by atoms with van der Waals surface area (Å²) in [6.07, 6.45) is 3.11. The number of aliphatic hydroxyl groups excluding tert-OH is 1. The molecule has 1 unspecified atom stereocenters. The number of rotatable bonds is 8. The highest BCUT2D eigenvalue weighted by molar-refractivity contribution is 5.91. The second kappa shape index (κ2) is 17.2. The second-order valence-electron chi connectivity index (χ2n) is 17.3. The Morgan fingerprint density at radius 3 is 2.49 bits per heavy atom. The fourth-order valence-corrected chi connectivity index (χ4v) is 9.66. The lowest BCUT2D eigenvalue weighted by molar-refractivity contribution is -0.295. The van der Waals surface area contributed by atoms with Crippen molar-refractivity contribution in [1.82, 2.24) is 9.80 Å². The molecule has 0 radical (unpaired) electrons. The molecule has 12 nitrogen and oxygen atoms in total. The zero-order chi connectivity index (χ0) is 41.4. The predicted octanol–water partition coefficient (Wildman–Crippen LogP) is 6.67. The van der Waals surface area contributed by atoms with E-state index in [2.05, 4.69) is 32.0 Å². The molecule has 0 spiro atoms. The van der Waals surface area contributed by atoms with Crippen molar-refractivity contribution in [3.63, 3.8) is 0 Å². The second-order valence-corrected chi connectivity index (χ2v) is 17.3. The number of benzene rings is 2. The van der Waals surface area contributed by atoms with E-state index in [0.717, 1.165) is 27.8 Å². The molecule has 12 heteroatoms. The average Bonchev–Trinajstić information content (AvgIpc) is 3.29. The zero-order valence-corrected chi connectivity index (χ0v) is 35.6. The van der Waals surface area contributed by atoms with Crippen LogP contribution >= 0.6 is 0 Å². The molecule has 0 saturated carbocycles. The number of fused-ring (bicyclic) bond motifs is 2. The van der Waals surface area contributed by atoms with E-state index in [1.165, 1.54) is 0 Å². The maximum absolute atomic E-state index is 13.8. The van der Waals surface area contributed by atoms with Crippen molar-refractivity contribution in [2.75, 3.05) is 40.9 Å². The normalized spacial score (nSPS) is 37.6. The predicted molar refractivity (Wildman–Crippen MR) is 220 cm³/mol. The van der Waals surface area contributed by atoms with Gasteiger partial charge in [0.1, 0.15) is 18.0 Å². The van der Waals surface area contributed by atoms with Crippen molar-refractivity contribution in [3.05, 3.63) is 59.7 Å².